The maximum absolute atomic E-state index is 12.2. The monoisotopic (exact) mass is 351 g/mol. The second kappa shape index (κ2) is 5.46. The van der Waals surface area contributed by atoms with E-state index in [0.717, 1.165) is 0 Å². The Bertz CT molecular complexity index is 1160. The lowest BCUT2D eigenvalue weighted by molar-refractivity contribution is 0.478. The van der Waals surface area contributed by atoms with Gasteiger partial charge in [-0.2, -0.15) is 5.26 Å². The highest BCUT2D eigenvalue weighted by molar-refractivity contribution is 7.91. The van der Waals surface area contributed by atoms with Gasteiger partial charge in [-0.05, 0) is 36.2 Å². The minimum atomic E-state index is -3.30. The van der Waals surface area contributed by atoms with Crippen molar-refractivity contribution in [2.75, 3.05) is 11.1 Å². The highest BCUT2D eigenvalue weighted by Gasteiger charge is 2.29. The lowest BCUT2D eigenvalue weighted by Gasteiger charge is -2.14. The van der Waals surface area contributed by atoms with Crippen LogP contribution in [0.2, 0.25) is 0 Å². The Kier molecular flexibility index (Phi) is 3.37. The van der Waals surface area contributed by atoms with E-state index in [9.17, 15) is 18.8 Å². The van der Waals surface area contributed by atoms with Crippen molar-refractivity contribution in [1.29, 1.82) is 5.26 Å². The second-order valence-corrected chi connectivity index (χ2v) is 7.88. The van der Waals surface area contributed by atoms with Gasteiger partial charge in [-0.15, -0.1) is 0 Å². The molecule has 124 valence electrons. The number of hydrogen-bond acceptors (Lipinski definition) is 6. The third-order valence-electron chi connectivity index (χ3n) is 4.34. The number of phenolic OH excluding ortho intramolecular Hbond substituents is 1. The minimum Gasteiger partial charge on any atom is -0.506 e. The number of anilines is 2. The Hall–Kier alpha value is -3.11. The highest BCUT2D eigenvalue weighted by Crippen LogP contribution is 2.39. The lowest BCUT2D eigenvalue weighted by atomic mass is 10.0. The molecule has 2 heterocycles. The average Bonchev–Trinajstić information content (AvgIpc) is 2.92. The van der Waals surface area contributed by atoms with E-state index in [1.807, 2.05) is 0 Å². The van der Waals surface area contributed by atoms with Crippen LogP contribution in [0.1, 0.15) is 11.1 Å². The Morgan fingerprint density at radius 3 is 2.76 bits per heavy atom. The molecule has 0 saturated heterocycles. The van der Waals surface area contributed by atoms with Crippen LogP contribution in [-0.4, -0.2) is 24.3 Å². The van der Waals surface area contributed by atoms with Gasteiger partial charge in [0, 0.05) is 11.6 Å². The fourth-order valence-electron chi connectivity index (χ4n) is 3.15. The Balaban J connectivity index is 2.04. The summed E-state index contributed by atoms with van der Waals surface area (Å²) in [4.78, 5) is 4.57. The summed E-state index contributed by atoms with van der Waals surface area (Å²) in [6.07, 6.45) is 1.82. The number of nitrogens with zero attached hydrogens (tertiary/aromatic N) is 2. The summed E-state index contributed by atoms with van der Waals surface area (Å²) in [5.74, 6) is 0.0883. The third-order valence-corrected chi connectivity index (χ3v) is 6.13. The van der Waals surface area contributed by atoms with Crippen LogP contribution >= 0.6 is 0 Å². The number of nitriles is 1. The number of pyridine rings is 1. The van der Waals surface area contributed by atoms with Crippen molar-refractivity contribution >= 4 is 32.1 Å². The molecule has 2 aromatic carbocycles. The van der Waals surface area contributed by atoms with Crippen molar-refractivity contribution in [2.45, 2.75) is 11.3 Å². The number of sulfone groups is 1. The van der Waals surface area contributed by atoms with Gasteiger partial charge in [-0.3, -0.25) is 4.98 Å². The molecule has 4 rings (SSSR count). The molecule has 0 amide bonds. The molecular formula is C18H13N3O3S. The van der Waals surface area contributed by atoms with E-state index in [0.29, 0.717) is 34.3 Å². The number of aryl methyl sites for hydroxylation is 1. The van der Waals surface area contributed by atoms with Crippen LogP contribution in [0.5, 0.6) is 5.75 Å². The fraction of sp³-hybridized carbons (Fsp3) is 0.111. The van der Waals surface area contributed by atoms with Crippen molar-refractivity contribution in [1.82, 2.24) is 4.98 Å². The SMILES string of the molecule is N#Cc1cnc2ccc3c(c2c1Nc1ccccc1O)CCS3(=O)=O. The van der Waals surface area contributed by atoms with Gasteiger partial charge < -0.3 is 10.4 Å². The summed E-state index contributed by atoms with van der Waals surface area (Å²) >= 11 is 0. The zero-order chi connectivity index (χ0) is 17.6. The van der Waals surface area contributed by atoms with Gasteiger partial charge in [0.15, 0.2) is 9.84 Å². The van der Waals surface area contributed by atoms with Gasteiger partial charge in [0.25, 0.3) is 0 Å². The summed E-state index contributed by atoms with van der Waals surface area (Å²) in [5.41, 5.74) is 2.45. The molecular weight excluding hydrogens is 338 g/mol. The minimum absolute atomic E-state index is 0.0385. The molecule has 3 aromatic rings. The predicted molar refractivity (Wildman–Crippen MR) is 93.6 cm³/mol. The Morgan fingerprint density at radius 1 is 1.20 bits per heavy atom. The molecule has 0 radical (unpaired) electrons. The molecule has 6 nitrogen and oxygen atoms in total. The first-order chi connectivity index (χ1) is 12.0. The smallest absolute Gasteiger partial charge is 0.179 e. The van der Waals surface area contributed by atoms with Crippen LogP contribution in [-0.2, 0) is 16.3 Å². The molecule has 1 aliphatic heterocycles. The van der Waals surface area contributed by atoms with E-state index >= 15 is 0 Å². The molecule has 0 saturated carbocycles. The number of phenols is 1. The van der Waals surface area contributed by atoms with Crippen molar-refractivity contribution < 1.29 is 13.5 Å². The molecule has 2 N–H and O–H groups in total. The maximum atomic E-state index is 12.2. The van der Waals surface area contributed by atoms with Crippen molar-refractivity contribution in [3.05, 3.63) is 53.7 Å². The van der Waals surface area contributed by atoms with Crippen LogP contribution in [0.4, 0.5) is 11.4 Å². The maximum Gasteiger partial charge on any atom is 0.179 e. The summed E-state index contributed by atoms with van der Waals surface area (Å²) in [5, 5.41) is 23.2. The summed E-state index contributed by atoms with van der Waals surface area (Å²) in [6, 6.07) is 12.0. The zero-order valence-corrected chi connectivity index (χ0v) is 13.8. The molecule has 0 spiro atoms. The van der Waals surface area contributed by atoms with Gasteiger partial charge in [-0.25, -0.2) is 8.42 Å². The van der Waals surface area contributed by atoms with Crippen LogP contribution in [0.15, 0.2) is 47.5 Å². The number of hydrogen-bond donors (Lipinski definition) is 2. The number of para-hydroxylation sites is 2. The zero-order valence-electron chi connectivity index (χ0n) is 13.0. The Morgan fingerprint density at radius 2 is 2.00 bits per heavy atom. The molecule has 0 bridgehead atoms. The van der Waals surface area contributed by atoms with Gasteiger partial charge in [0.05, 0.1) is 33.1 Å². The van der Waals surface area contributed by atoms with Crippen LogP contribution in [0, 0.1) is 11.3 Å². The molecule has 0 fully saturated rings. The number of aromatic nitrogens is 1. The first-order valence-electron chi connectivity index (χ1n) is 7.64. The number of rotatable bonds is 2. The van der Waals surface area contributed by atoms with Crippen molar-refractivity contribution in [3.8, 4) is 11.8 Å². The normalized spacial score (nSPS) is 14.8. The van der Waals surface area contributed by atoms with E-state index < -0.39 is 9.84 Å². The molecule has 1 aromatic heterocycles. The molecule has 0 atom stereocenters. The number of fused-ring (bicyclic) bond motifs is 3. The summed E-state index contributed by atoms with van der Waals surface area (Å²) in [6.45, 7) is 0. The van der Waals surface area contributed by atoms with E-state index in [2.05, 4.69) is 16.4 Å². The molecule has 25 heavy (non-hydrogen) atoms. The van der Waals surface area contributed by atoms with Gasteiger partial charge in [-0.1, -0.05) is 12.1 Å². The van der Waals surface area contributed by atoms with Gasteiger partial charge in [0.2, 0.25) is 0 Å². The van der Waals surface area contributed by atoms with E-state index in [1.165, 1.54) is 12.3 Å². The van der Waals surface area contributed by atoms with Gasteiger partial charge >= 0.3 is 0 Å². The van der Waals surface area contributed by atoms with Crippen molar-refractivity contribution in [2.24, 2.45) is 0 Å². The fourth-order valence-corrected chi connectivity index (χ4v) is 4.70. The topological polar surface area (TPSA) is 103 Å². The largest absolute Gasteiger partial charge is 0.506 e. The van der Waals surface area contributed by atoms with Crippen LogP contribution in [0.25, 0.3) is 10.9 Å². The number of benzene rings is 2. The third kappa shape index (κ3) is 2.39. The van der Waals surface area contributed by atoms with Crippen molar-refractivity contribution in [3.63, 3.8) is 0 Å². The van der Waals surface area contributed by atoms with E-state index in [4.69, 9.17) is 0 Å². The number of aromatic hydroxyl groups is 1. The van der Waals surface area contributed by atoms with Crippen LogP contribution in [0.3, 0.4) is 0 Å². The standard InChI is InChI=1S/C18H13N3O3S/c19-9-11-10-20-14-5-6-16-12(7-8-25(16,23)24)17(14)18(11)21-13-3-1-2-4-15(13)22/h1-6,10,22H,7-8H2,(H,20,21). The second-order valence-electron chi connectivity index (χ2n) is 5.81. The van der Waals surface area contributed by atoms with E-state index in [-0.39, 0.29) is 22.0 Å². The first kappa shape index (κ1) is 15.4. The predicted octanol–water partition coefficient (Wildman–Crippen LogP) is 2.89. The molecule has 0 unspecified atom stereocenters. The molecule has 7 heteroatoms. The summed E-state index contributed by atoms with van der Waals surface area (Å²) in [7, 11) is -3.30. The number of nitrogens with one attached hydrogen (secondary N) is 1. The van der Waals surface area contributed by atoms with Gasteiger partial charge in [0.1, 0.15) is 11.8 Å². The lowest BCUT2D eigenvalue weighted by Crippen LogP contribution is -2.00. The summed E-state index contributed by atoms with van der Waals surface area (Å²) < 4.78 is 24.5. The Labute approximate surface area is 144 Å². The molecule has 0 aliphatic carbocycles. The van der Waals surface area contributed by atoms with E-state index in [1.54, 1.807) is 30.3 Å². The van der Waals surface area contributed by atoms with Crippen LogP contribution < -0.4 is 5.32 Å². The molecule has 1 aliphatic rings. The quantitative estimate of drug-likeness (QED) is 0.688. The highest BCUT2D eigenvalue weighted by atomic mass is 32.2. The first-order valence-corrected chi connectivity index (χ1v) is 9.29. The average molecular weight is 351 g/mol.